The molecule has 1 heterocycles. The predicted molar refractivity (Wildman–Crippen MR) is 132 cm³/mol. The molecule has 4 rings (SSSR count). The molecule has 36 heavy (non-hydrogen) atoms. The molecule has 1 N–H and O–H groups in total. The fourth-order valence-corrected chi connectivity index (χ4v) is 5.56. The second kappa shape index (κ2) is 10.00. The van der Waals surface area contributed by atoms with Gasteiger partial charge in [-0.1, -0.05) is 29.8 Å². The first kappa shape index (κ1) is 25.2. The van der Waals surface area contributed by atoms with Crippen LogP contribution in [0.25, 0.3) is 0 Å². The molecule has 3 aromatic rings. The Hall–Kier alpha value is -3.89. The normalized spacial score (nSPS) is 16.0. The molecule has 0 bridgehead atoms. The van der Waals surface area contributed by atoms with Crippen molar-refractivity contribution in [1.29, 1.82) is 0 Å². The molecule has 186 valence electrons. The van der Waals surface area contributed by atoms with Gasteiger partial charge in [0.1, 0.15) is 11.9 Å². The minimum atomic E-state index is -4.27. The summed E-state index contributed by atoms with van der Waals surface area (Å²) in [5, 5.41) is 2.60. The summed E-state index contributed by atoms with van der Waals surface area (Å²) < 4.78 is 41.7. The van der Waals surface area contributed by atoms with Gasteiger partial charge in [-0.2, -0.15) is 4.31 Å². The molecule has 0 radical (unpaired) electrons. The third-order valence-electron chi connectivity index (χ3n) is 5.80. The standard InChI is InChI=1S/C26H24FN3O5S/c1-17-3-5-19(6-4-17)16-29(36(34,35)23-13-7-20(27)8-14-23)24-15-25(32)30(26(24)33)22-11-9-21(10-12-22)28-18(2)31/h3-14,24H,15-16H2,1-2H3,(H,28,31). The number of sulfonamides is 1. The van der Waals surface area contributed by atoms with Gasteiger partial charge in [-0.05, 0) is 61.0 Å². The number of anilines is 2. The fraction of sp³-hybridized carbons (Fsp3) is 0.192. The number of aryl methyl sites for hydroxylation is 1. The van der Waals surface area contributed by atoms with E-state index in [0.29, 0.717) is 11.3 Å². The van der Waals surface area contributed by atoms with Gasteiger partial charge in [0, 0.05) is 19.2 Å². The zero-order valence-electron chi connectivity index (χ0n) is 19.6. The molecular formula is C26H24FN3O5S. The smallest absolute Gasteiger partial charge is 0.252 e. The Balaban J connectivity index is 1.70. The van der Waals surface area contributed by atoms with Crippen LogP contribution in [0.15, 0.2) is 77.7 Å². The van der Waals surface area contributed by atoms with Crippen LogP contribution in [0.2, 0.25) is 0 Å². The molecule has 3 amide bonds. The lowest BCUT2D eigenvalue weighted by molar-refractivity contribution is -0.122. The van der Waals surface area contributed by atoms with Crippen molar-refractivity contribution in [3.63, 3.8) is 0 Å². The molecule has 1 unspecified atom stereocenters. The monoisotopic (exact) mass is 509 g/mol. The molecule has 0 aromatic heterocycles. The molecule has 1 saturated heterocycles. The highest BCUT2D eigenvalue weighted by molar-refractivity contribution is 7.89. The van der Waals surface area contributed by atoms with E-state index in [0.717, 1.165) is 39.0 Å². The first-order valence-corrected chi connectivity index (χ1v) is 12.6. The lowest BCUT2D eigenvalue weighted by Crippen LogP contribution is -2.45. The lowest BCUT2D eigenvalue weighted by atomic mass is 10.1. The number of hydrogen-bond donors (Lipinski definition) is 1. The molecule has 1 aliphatic rings. The maximum atomic E-state index is 13.6. The summed E-state index contributed by atoms with van der Waals surface area (Å²) in [7, 11) is -4.27. The van der Waals surface area contributed by atoms with Crippen LogP contribution in [-0.2, 0) is 31.0 Å². The number of imide groups is 1. The maximum Gasteiger partial charge on any atom is 0.252 e. The van der Waals surface area contributed by atoms with Gasteiger partial charge >= 0.3 is 0 Å². The topological polar surface area (TPSA) is 104 Å². The molecule has 10 heteroatoms. The number of rotatable bonds is 7. The molecule has 3 aromatic carbocycles. The van der Waals surface area contributed by atoms with Crippen molar-refractivity contribution in [1.82, 2.24) is 4.31 Å². The summed E-state index contributed by atoms with van der Waals surface area (Å²) in [6.45, 7) is 3.10. The van der Waals surface area contributed by atoms with Crippen LogP contribution in [0.5, 0.6) is 0 Å². The maximum absolute atomic E-state index is 13.6. The zero-order chi connectivity index (χ0) is 26.0. The number of carbonyl (C=O) groups excluding carboxylic acids is 3. The molecular weight excluding hydrogens is 485 g/mol. The summed E-state index contributed by atoms with van der Waals surface area (Å²) in [4.78, 5) is 38.4. The second-order valence-electron chi connectivity index (χ2n) is 8.51. The average molecular weight is 510 g/mol. The Morgan fingerprint density at radius 3 is 2.19 bits per heavy atom. The van der Waals surface area contributed by atoms with Gasteiger partial charge in [0.15, 0.2) is 0 Å². The van der Waals surface area contributed by atoms with E-state index in [-0.39, 0.29) is 29.5 Å². The van der Waals surface area contributed by atoms with E-state index < -0.39 is 33.7 Å². The largest absolute Gasteiger partial charge is 0.326 e. The van der Waals surface area contributed by atoms with E-state index in [4.69, 9.17) is 0 Å². The average Bonchev–Trinajstić information content (AvgIpc) is 3.12. The number of carbonyl (C=O) groups is 3. The van der Waals surface area contributed by atoms with Crippen LogP contribution in [0.3, 0.4) is 0 Å². The van der Waals surface area contributed by atoms with Crippen LogP contribution in [-0.4, -0.2) is 36.5 Å². The van der Waals surface area contributed by atoms with Crippen LogP contribution in [0.4, 0.5) is 15.8 Å². The van der Waals surface area contributed by atoms with E-state index in [2.05, 4.69) is 5.32 Å². The zero-order valence-corrected chi connectivity index (χ0v) is 20.5. The highest BCUT2D eigenvalue weighted by atomic mass is 32.2. The minimum Gasteiger partial charge on any atom is -0.326 e. The number of halogens is 1. The van der Waals surface area contributed by atoms with Crippen LogP contribution in [0.1, 0.15) is 24.5 Å². The van der Waals surface area contributed by atoms with Gasteiger partial charge in [-0.15, -0.1) is 0 Å². The summed E-state index contributed by atoms with van der Waals surface area (Å²) in [5.41, 5.74) is 2.36. The third kappa shape index (κ3) is 5.19. The van der Waals surface area contributed by atoms with Gasteiger partial charge in [-0.25, -0.2) is 17.7 Å². The van der Waals surface area contributed by atoms with Crippen molar-refractivity contribution in [3.8, 4) is 0 Å². The lowest BCUT2D eigenvalue weighted by Gasteiger charge is -2.27. The van der Waals surface area contributed by atoms with Gasteiger partial charge in [-0.3, -0.25) is 14.4 Å². The van der Waals surface area contributed by atoms with E-state index in [9.17, 15) is 27.2 Å². The first-order valence-electron chi connectivity index (χ1n) is 11.1. The van der Waals surface area contributed by atoms with Crippen molar-refractivity contribution < 1.29 is 27.2 Å². The molecule has 1 fully saturated rings. The molecule has 0 saturated carbocycles. The highest BCUT2D eigenvalue weighted by Crippen LogP contribution is 2.31. The molecule has 8 nitrogen and oxygen atoms in total. The Labute approximate surface area is 208 Å². The summed E-state index contributed by atoms with van der Waals surface area (Å²) >= 11 is 0. The van der Waals surface area contributed by atoms with Crippen LogP contribution in [0, 0.1) is 12.7 Å². The fourth-order valence-electron chi connectivity index (χ4n) is 3.99. The Morgan fingerprint density at radius 2 is 1.61 bits per heavy atom. The highest BCUT2D eigenvalue weighted by Gasteiger charge is 2.47. The van der Waals surface area contributed by atoms with Gasteiger partial charge < -0.3 is 5.32 Å². The van der Waals surface area contributed by atoms with E-state index in [1.54, 1.807) is 24.3 Å². The number of benzene rings is 3. The van der Waals surface area contributed by atoms with Gasteiger partial charge in [0.05, 0.1) is 17.0 Å². The summed E-state index contributed by atoms with van der Waals surface area (Å²) in [6.07, 6.45) is -0.349. The molecule has 0 spiro atoms. The Morgan fingerprint density at radius 1 is 1.00 bits per heavy atom. The summed E-state index contributed by atoms with van der Waals surface area (Å²) in [6, 6.07) is 16.3. The predicted octanol–water partition coefficient (Wildman–Crippen LogP) is 3.62. The van der Waals surface area contributed by atoms with E-state index in [1.165, 1.54) is 19.1 Å². The minimum absolute atomic E-state index is 0.154. The Kier molecular flexibility index (Phi) is 7.00. The van der Waals surface area contributed by atoms with Crippen molar-refractivity contribution in [2.75, 3.05) is 10.2 Å². The molecule has 1 atom stereocenters. The summed E-state index contributed by atoms with van der Waals surface area (Å²) in [5.74, 6) is -2.11. The Bertz CT molecular complexity index is 1410. The molecule has 0 aliphatic carbocycles. The molecule has 1 aliphatic heterocycles. The number of amides is 3. The number of nitrogens with one attached hydrogen (secondary N) is 1. The van der Waals surface area contributed by atoms with Crippen molar-refractivity contribution >= 4 is 39.1 Å². The van der Waals surface area contributed by atoms with E-state index >= 15 is 0 Å². The van der Waals surface area contributed by atoms with Crippen LogP contribution >= 0.6 is 0 Å². The number of hydrogen-bond acceptors (Lipinski definition) is 5. The van der Waals surface area contributed by atoms with Crippen LogP contribution < -0.4 is 10.2 Å². The van der Waals surface area contributed by atoms with Crippen molar-refractivity contribution in [2.24, 2.45) is 0 Å². The first-order chi connectivity index (χ1) is 17.1. The third-order valence-corrected chi connectivity index (χ3v) is 7.66. The second-order valence-corrected chi connectivity index (χ2v) is 10.4. The quantitative estimate of drug-likeness (QED) is 0.490. The van der Waals surface area contributed by atoms with E-state index in [1.807, 2.05) is 19.1 Å². The van der Waals surface area contributed by atoms with Gasteiger partial charge in [0.2, 0.25) is 21.8 Å². The number of nitrogens with zero attached hydrogens (tertiary/aromatic N) is 2. The SMILES string of the molecule is CC(=O)Nc1ccc(N2C(=O)CC(N(Cc3ccc(C)cc3)S(=O)(=O)c3ccc(F)cc3)C2=O)cc1. The van der Waals surface area contributed by atoms with Crippen molar-refractivity contribution in [3.05, 3.63) is 89.7 Å². The van der Waals surface area contributed by atoms with Gasteiger partial charge in [0.25, 0.3) is 5.91 Å². The van der Waals surface area contributed by atoms with Crippen molar-refractivity contribution in [2.45, 2.75) is 37.8 Å².